The maximum absolute atomic E-state index is 12.3. The fourth-order valence-corrected chi connectivity index (χ4v) is 2.74. The number of aryl methyl sites for hydroxylation is 1. The highest BCUT2D eigenvalue weighted by molar-refractivity contribution is 6.11. The fourth-order valence-electron chi connectivity index (χ4n) is 2.74. The molecule has 0 bridgehead atoms. The van der Waals surface area contributed by atoms with E-state index < -0.39 is 11.9 Å². The number of hydrogen-bond donors (Lipinski definition) is 4. The minimum atomic E-state index is -0.862. The van der Waals surface area contributed by atoms with Crippen molar-refractivity contribution in [3.63, 3.8) is 0 Å². The molecule has 0 saturated heterocycles. The van der Waals surface area contributed by atoms with E-state index in [0.29, 0.717) is 12.3 Å². The van der Waals surface area contributed by atoms with E-state index in [4.69, 9.17) is 10.5 Å². The smallest absolute Gasteiger partial charge is 0.252 e. The van der Waals surface area contributed by atoms with Gasteiger partial charge < -0.3 is 21.1 Å². The van der Waals surface area contributed by atoms with Gasteiger partial charge in [-0.05, 0) is 50.2 Å². The molecule has 2 amide bonds. The summed E-state index contributed by atoms with van der Waals surface area (Å²) in [5.41, 5.74) is 8.36. The first-order chi connectivity index (χ1) is 14.4. The summed E-state index contributed by atoms with van der Waals surface area (Å²) in [6, 6.07) is 13.7. The van der Waals surface area contributed by atoms with E-state index in [1.807, 2.05) is 38.1 Å². The molecular formula is C21H24N6O3. The molecule has 0 aromatic heterocycles. The van der Waals surface area contributed by atoms with Crippen LogP contribution < -0.4 is 26.4 Å². The Morgan fingerprint density at radius 1 is 1.13 bits per heavy atom. The molecule has 9 heteroatoms. The van der Waals surface area contributed by atoms with Gasteiger partial charge in [0.05, 0.1) is 13.0 Å². The molecule has 0 radical (unpaired) electrons. The van der Waals surface area contributed by atoms with Gasteiger partial charge in [0.25, 0.3) is 5.91 Å². The third kappa shape index (κ3) is 5.81. The number of carbonyl (C=O) groups excluding carboxylic acids is 2. The number of amides is 2. The molecule has 3 rings (SSSR count). The zero-order chi connectivity index (χ0) is 21.5. The minimum absolute atomic E-state index is 0.0657. The van der Waals surface area contributed by atoms with E-state index in [0.717, 1.165) is 17.0 Å². The summed E-state index contributed by atoms with van der Waals surface area (Å²) in [6.07, 6.45) is -0.108. The van der Waals surface area contributed by atoms with Crippen molar-refractivity contribution in [2.24, 2.45) is 15.7 Å². The number of rotatable bonds is 6. The van der Waals surface area contributed by atoms with Crippen LogP contribution in [0.15, 0.2) is 58.5 Å². The maximum atomic E-state index is 12.3. The van der Waals surface area contributed by atoms with Crippen LogP contribution in [-0.4, -0.2) is 36.4 Å². The minimum Gasteiger partial charge on any atom is -0.494 e. The molecule has 0 saturated carbocycles. The van der Waals surface area contributed by atoms with Crippen LogP contribution in [0.2, 0.25) is 0 Å². The van der Waals surface area contributed by atoms with Gasteiger partial charge in [0.2, 0.25) is 17.8 Å². The van der Waals surface area contributed by atoms with E-state index in [-0.39, 0.29) is 24.2 Å². The Hall–Kier alpha value is -3.88. The molecule has 9 nitrogen and oxygen atoms in total. The first kappa shape index (κ1) is 20.8. The second kappa shape index (κ2) is 9.55. The predicted octanol–water partition coefficient (Wildman–Crippen LogP) is 2.00. The van der Waals surface area contributed by atoms with Crippen LogP contribution in [0.3, 0.4) is 0 Å². The number of aliphatic imine (C=N–C) groups is 2. The van der Waals surface area contributed by atoms with Crippen LogP contribution in [0, 0.1) is 6.92 Å². The van der Waals surface area contributed by atoms with Crippen molar-refractivity contribution in [3.8, 4) is 5.75 Å². The van der Waals surface area contributed by atoms with Gasteiger partial charge in [-0.1, -0.05) is 17.7 Å². The quantitative estimate of drug-likeness (QED) is 0.429. The van der Waals surface area contributed by atoms with Crippen LogP contribution in [0.1, 0.15) is 18.9 Å². The first-order valence-electron chi connectivity index (χ1n) is 9.52. The number of nitrogens with two attached hydrogens (primary N) is 1. The van der Waals surface area contributed by atoms with Crippen molar-refractivity contribution in [2.45, 2.75) is 26.3 Å². The largest absolute Gasteiger partial charge is 0.494 e. The molecule has 0 unspecified atom stereocenters. The monoisotopic (exact) mass is 408 g/mol. The Morgan fingerprint density at radius 3 is 2.43 bits per heavy atom. The highest BCUT2D eigenvalue weighted by atomic mass is 16.5. The van der Waals surface area contributed by atoms with Gasteiger partial charge in [-0.25, -0.2) is 4.99 Å². The number of ether oxygens (including phenoxy) is 1. The molecule has 30 heavy (non-hydrogen) atoms. The van der Waals surface area contributed by atoms with Gasteiger partial charge in [0.15, 0.2) is 0 Å². The van der Waals surface area contributed by atoms with Gasteiger partial charge >= 0.3 is 0 Å². The number of hydrogen-bond acceptors (Lipinski definition) is 5. The van der Waals surface area contributed by atoms with Gasteiger partial charge in [-0.2, -0.15) is 4.99 Å². The standard InChI is InChI=1S/C21H24N6O3/c1-3-30-16-10-8-14(9-11-16)23-18(28)12-17-19(29)26-21(25-17)27-20(22)24-15-6-4-13(2)5-7-15/h4-11,17H,3,12H2,1-2H3,(H,23,28)(H4,22,24,25,26,27,29)/t17-/m0/s1. The molecule has 0 spiro atoms. The lowest BCUT2D eigenvalue weighted by molar-refractivity contribution is -0.123. The third-order valence-electron chi connectivity index (χ3n) is 4.19. The first-order valence-corrected chi connectivity index (χ1v) is 9.52. The molecule has 156 valence electrons. The summed E-state index contributed by atoms with van der Waals surface area (Å²) in [6.45, 7) is 4.44. The van der Waals surface area contributed by atoms with E-state index in [2.05, 4.69) is 25.9 Å². The van der Waals surface area contributed by atoms with Crippen LogP contribution in [0.4, 0.5) is 11.4 Å². The summed E-state index contributed by atoms with van der Waals surface area (Å²) in [5.74, 6) is 0.126. The summed E-state index contributed by atoms with van der Waals surface area (Å²) >= 11 is 0. The number of carbonyl (C=O) groups is 2. The zero-order valence-corrected chi connectivity index (χ0v) is 16.8. The summed E-state index contributed by atoms with van der Waals surface area (Å²) in [7, 11) is 0. The van der Waals surface area contributed by atoms with E-state index in [1.54, 1.807) is 24.3 Å². The average Bonchev–Trinajstić information content (AvgIpc) is 3.04. The lowest BCUT2D eigenvalue weighted by atomic mass is 10.2. The number of anilines is 2. The van der Waals surface area contributed by atoms with Gasteiger partial charge in [-0.15, -0.1) is 0 Å². The predicted molar refractivity (Wildman–Crippen MR) is 117 cm³/mol. The zero-order valence-electron chi connectivity index (χ0n) is 16.8. The van der Waals surface area contributed by atoms with E-state index >= 15 is 0 Å². The molecule has 0 aliphatic carbocycles. The molecular weight excluding hydrogens is 384 g/mol. The highest BCUT2D eigenvalue weighted by Gasteiger charge is 2.28. The number of guanidine groups is 2. The molecule has 1 aliphatic rings. The van der Waals surface area contributed by atoms with Crippen molar-refractivity contribution in [1.29, 1.82) is 0 Å². The number of nitrogens with zero attached hydrogens (tertiary/aromatic N) is 2. The molecule has 0 fully saturated rings. The normalized spacial score (nSPS) is 15.9. The van der Waals surface area contributed by atoms with Gasteiger partial charge in [-0.3, -0.25) is 14.9 Å². The van der Waals surface area contributed by atoms with Crippen LogP contribution in [0.25, 0.3) is 0 Å². The van der Waals surface area contributed by atoms with Crippen molar-refractivity contribution >= 4 is 35.1 Å². The second-order valence-electron chi connectivity index (χ2n) is 6.66. The SMILES string of the molecule is CCOc1ccc(NC(=O)C[C@@H]2N=C(N=C(N)Nc3ccc(C)cc3)NC2=O)cc1. The van der Waals surface area contributed by atoms with E-state index in [1.165, 1.54) is 0 Å². The Labute approximate surface area is 174 Å². The molecule has 2 aromatic rings. The molecule has 1 heterocycles. The maximum Gasteiger partial charge on any atom is 0.252 e. The van der Waals surface area contributed by atoms with Crippen molar-refractivity contribution in [1.82, 2.24) is 5.32 Å². The van der Waals surface area contributed by atoms with Crippen molar-refractivity contribution in [3.05, 3.63) is 54.1 Å². The Morgan fingerprint density at radius 2 is 1.77 bits per heavy atom. The molecule has 1 atom stereocenters. The Balaban J connectivity index is 1.56. The second-order valence-corrected chi connectivity index (χ2v) is 6.66. The lowest BCUT2D eigenvalue weighted by Gasteiger charge is -2.08. The number of nitrogens with one attached hydrogen (secondary N) is 3. The lowest BCUT2D eigenvalue weighted by Crippen LogP contribution is -2.32. The summed E-state index contributed by atoms with van der Waals surface area (Å²) < 4.78 is 5.36. The molecule has 5 N–H and O–H groups in total. The summed E-state index contributed by atoms with van der Waals surface area (Å²) in [5, 5.41) is 8.18. The number of benzene rings is 2. The third-order valence-corrected chi connectivity index (χ3v) is 4.19. The van der Waals surface area contributed by atoms with Gasteiger partial charge in [0.1, 0.15) is 11.8 Å². The summed E-state index contributed by atoms with van der Waals surface area (Å²) in [4.78, 5) is 32.6. The molecule has 1 aliphatic heterocycles. The van der Waals surface area contributed by atoms with E-state index in [9.17, 15) is 9.59 Å². The van der Waals surface area contributed by atoms with Crippen LogP contribution in [0.5, 0.6) is 5.75 Å². The van der Waals surface area contributed by atoms with Crippen LogP contribution in [-0.2, 0) is 9.59 Å². The Kier molecular flexibility index (Phi) is 6.63. The molecule has 2 aromatic carbocycles. The fraction of sp³-hybridized carbons (Fsp3) is 0.238. The highest BCUT2D eigenvalue weighted by Crippen LogP contribution is 2.16. The van der Waals surface area contributed by atoms with Crippen molar-refractivity contribution < 1.29 is 14.3 Å². The van der Waals surface area contributed by atoms with Crippen LogP contribution >= 0.6 is 0 Å². The van der Waals surface area contributed by atoms with Crippen molar-refractivity contribution in [2.75, 3.05) is 17.2 Å². The Bertz CT molecular complexity index is 967. The van der Waals surface area contributed by atoms with Gasteiger partial charge in [0, 0.05) is 11.4 Å². The average molecular weight is 408 g/mol. The topological polar surface area (TPSA) is 130 Å².